The minimum absolute atomic E-state index is 0.206. The second kappa shape index (κ2) is 5.93. The highest BCUT2D eigenvalue weighted by Crippen LogP contribution is 2.52. The first-order chi connectivity index (χ1) is 11.3. The average molecular weight is 326 g/mol. The zero-order valence-electron chi connectivity index (χ0n) is 13.1. The van der Waals surface area contributed by atoms with Crippen LogP contribution in [0.15, 0.2) is 54.6 Å². The van der Waals surface area contributed by atoms with Gasteiger partial charge in [0.15, 0.2) is 0 Å². The van der Waals surface area contributed by atoms with Crippen molar-refractivity contribution in [3.05, 3.63) is 70.8 Å². The third-order valence-corrected chi connectivity index (χ3v) is 5.24. The first kappa shape index (κ1) is 14.6. The molecule has 0 saturated carbocycles. The predicted molar refractivity (Wildman–Crippen MR) is 95.4 cm³/mol. The van der Waals surface area contributed by atoms with E-state index in [9.17, 15) is 0 Å². The average Bonchev–Trinajstić information content (AvgIpc) is 3.05. The molecule has 3 heteroatoms. The lowest BCUT2D eigenvalue weighted by molar-refractivity contribution is 0.337. The van der Waals surface area contributed by atoms with Gasteiger partial charge in [-0.15, -0.1) is 0 Å². The Bertz CT molecular complexity index is 755. The molecule has 0 fully saturated rings. The molecule has 2 nitrogen and oxygen atoms in total. The lowest BCUT2D eigenvalue weighted by Gasteiger charge is -2.38. The maximum Gasteiger partial charge on any atom is 0.142 e. The van der Waals surface area contributed by atoms with E-state index in [0.717, 1.165) is 22.9 Å². The second-order valence-electron chi connectivity index (χ2n) is 6.15. The zero-order valence-corrected chi connectivity index (χ0v) is 13.9. The van der Waals surface area contributed by atoms with Gasteiger partial charge >= 0.3 is 0 Å². The van der Waals surface area contributed by atoms with Crippen LogP contribution >= 0.6 is 11.6 Å². The summed E-state index contributed by atoms with van der Waals surface area (Å²) in [6.07, 6.45) is 5.71. The maximum atomic E-state index is 6.48. The maximum absolute atomic E-state index is 6.48. The van der Waals surface area contributed by atoms with Crippen molar-refractivity contribution < 1.29 is 4.74 Å². The van der Waals surface area contributed by atoms with E-state index in [4.69, 9.17) is 16.3 Å². The van der Waals surface area contributed by atoms with Crippen LogP contribution in [0.3, 0.4) is 0 Å². The lowest BCUT2D eigenvalue weighted by atomic mass is 9.77. The number of allylic oxidation sites excluding steroid dienone is 2. The Balaban J connectivity index is 1.82. The zero-order chi connectivity index (χ0) is 15.8. The first-order valence-corrected chi connectivity index (χ1v) is 8.60. The molecule has 1 heterocycles. The summed E-state index contributed by atoms with van der Waals surface area (Å²) in [5, 5.41) is 4.56. The van der Waals surface area contributed by atoms with Gasteiger partial charge in [0, 0.05) is 10.9 Å². The minimum Gasteiger partial charge on any atom is -0.492 e. The highest BCUT2D eigenvalue weighted by Gasteiger charge is 2.39. The fourth-order valence-corrected chi connectivity index (χ4v) is 4.16. The lowest BCUT2D eigenvalue weighted by Crippen LogP contribution is -2.29. The van der Waals surface area contributed by atoms with Crippen LogP contribution in [-0.4, -0.2) is 6.61 Å². The van der Waals surface area contributed by atoms with Crippen molar-refractivity contribution in [2.45, 2.75) is 25.3 Å². The summed E-state index contributed by atoms with van der Waals surface area (Å²) in [6, 6.07) is 14.7. The Hall–Kier alpha value is -1.93. The molecule has 0 spiro atoms. The number of hydrogen-bond donors (Lipinski definition) is 1. The van der Waals surface area contributed by atoms with Gasteiger partial charge in [-0.3, -0.25) is 0 Å². The van der Waals surface area contributed by atoms with E-state index in [2.05, 4.69) is 41.7 Å². The predicted octanol–water partition coefficient (Wildman–Crippen LogP) is 5.57. The molecule has 2 aromatic carbocycles. The Morgan fingerprint density at radius 1 is 1.13 bits per heavy atom. The molecule has 3 atom stereocenters. The third kappa shape index (κ3) is 2.42. The fraction of sp³-hybridized carbons (Fsp3) is 0.300. The number of halogens is 1. The smallest absolute Gasteiger partial charge is 0.142 e. The Labute approximate surface area is 142 Å². The number of para-hydroxylation sites is 1. The first-order valence-electron chi connectivity index (χ1n) is 8.23. The van der Waals surface area contributed by atoms with Gasteiger partial charge in [-0.05, 0) is 42.5 Å². The van der Waals surface area contributed by atoms with Crippen LogP contribution < -0.4 is 10.1 Å². The van der Waals surface area contributed by atoms with E-state index in [0.29, 0.717) is 18.4 Å². The van der Waals surface area contributed by atoms with Crippen LogP contribution in [0.1, 0.15) is 36.4 Å². The molecule has 2 aromatic rings. The normalized spacial score (nSPS) is 24.7. The molecular formula is C20H20ClNO. The number of benzene rings is 2. The fourth-order valence-electron chi connectivity index (χ4n) is 3.90. The summed E-state index contributed by atoms with van der Waals surface area (Å²) in [6.45, 7) is 2.69. The van der Waals surface area contributed by atoms with E-state index in [1.54, 1.807) is 0 Å². The minimum atomic E-state index is 0.206. The van der Waals surface area contributed by atoms with Crippen LogP contribution in [0.4, 0.5) is 5.69 Å². The van der Waals surface area contributed by atoms with Crippen molar-refractivity contribution in [3.63, 3.8) is 0 Å². The van der Waals surface area contributed by atoms with Crippen molar-refractivity contribution in [3.8, 4) is 5.75 Å². The molecule has 23 heavy (non-hydrogen) atoms. The van der Waals surface area contributed by atoms with E-state index >= 15 is 0 Å². The molecule has 4 rings (SSSR count). The quantitative estimate of drug-likeness (QED) is 0.745. The molecule has 0 bridgehead atoms. The van der Waals surface area contributed by atoms with Crippen LogP contribution in [0, 0.1) is 5.92 Å². The standard InChI is InChI=1S/C20H20ClNO/c1-2-23-18-12-6-10-15-13-8-5-9-14(13)19(22-20(15)18)16-7-3-4-11-17(16)21/h3-8,10-14,19,22H,2,9H2,1H3/t13-,14+,19-/m0/s1. The Morgan fingerprint density at radius 2 is 1.96 bits per heavy atom. The molecular weight excluding hydrogens is 306 g/mol. The summed E-state index contributed by atoms with van der Waals surface area (Å²) in [5.74, 6) is 1.85. The number of anilines is 1. The molecule has 118 valence electrons. The van der Waals surface area contributed by atoms with Gasteiger partial charge in [0.1, 0.15) is 5.75 Å². The van der Waals surface area contributed by atoms with Crippen molar-refractivity contribution in [1.82, 2.24) is 0 Å². The summed E-state index contributed by atoms with van der Waals surface area (Å²) in [7, 11) is 0. The van der Waals surface area contributed by atoms with Gasteiger partial charge in [-0.1, -0.05) is 54.1 Å². The van der Waals surface area contributed by atoms with Gasteiger partial charge in [-0.2, -0.15) is 0 Å². The van der Waals surface area contributed by atoms with E-state index in [1.165, 1.54) is 11.1 Å². The summed E-state index contributed by atoms with van der Waals surface area (Å²) in [4.78, 5) is 0. The van der Waals surface area contributed by atoms with Gasteiger partial charge in [0.2, 0.25) is 0 Å². The highest BCUT2D eigenvalue weighted by molar-refractivity contribution is 6.31. The van der Waals surface area contributed by atoms with Crippen molar-refractivity contribution >= 4 is 17.3 Å². The largest absolute Gasteiger partial charge is 0.492 e. The van der Waals surface area contributed by atoms with Gasteiger partial charge in [-0.25, -0.2) is 0 Å². The van der Waals surface area contributed by atoms with Crippen LogP contribution in [0.25, 0.3) is 0 Å². The topological polar surface area (TPSA) is 21.3 Å². The monoisotopic (exact) mass is 325 g/mol. The summed E-state index contributed by atoms with van der Waals surface area (Å²) >= 11 is 6.48. The molecule has 0 amide bonds. The molecule has 0 aromatic heterocycles. The number of fused-ring (bicyclic) bond motifs is 3. The molecule has 1 N–H and O–H groups in total. The van der Waals surface area contributed by atoms with Gasteiger partial charge in [0.25, 0.3) is 0 Å². The number of ether oxygens (including phenoxy) is 1. The van der Waals surface area contributed by atoms with Crippen molar-refractivity contribution in [1.29, 1.82) is 0 Å². The second-order valence-corrected chi connectivity index (χ2v) is 6.56. The van der Waals surface area contributed by atoms with E-state index in [-0.39, 0.29) is 6.04 Å². The van der Waals surface area contributed by atoms with Crippen LogP contribution in [-0.2, 0) is 0 Å². The van der Waals surface area contributed by atoms with Crippen molar-refractivity contribution in [2.24, 2.45) is 5.92 Å². The summed E-state index contributed by atoms with van der Waals surface area (Å²) < 4.78 is 5.85. The number of nitrogens with one attached hydrogen (secondary N) is 1. The number of rotatable bonds is 3. The third-order valence-electron chi connectivity index (χ3n) is 4.90. The SMILES string of the molecule is CCOc1cccc2c1N[C@H](c1ccccc1Cl)[C@@H]1CC=C[C@H]21. The molecule has 0 radical (unpaired) electrons. The number of hydrogen-bond acceptors (Lipinski definition) is 2. The van der Waals surface area contributed by atoms with Crippen molar-refractivity contribution in [2.75, 3.05) is 11.9 Å². The van der Waals surface area contributed by atoms with E-state index in [1.807, 2.05) is 25.1 Å². The summed E-state index contributed by atoms with van der Waals surface area (Å²) in [5.41, 5.74) is 3.62. The van der Waals surface area contributed by atoms with Crippen LogP contribution in [0.2, 0.25) is 5.02 Å². The van der Waals surface area contributed by atoms with E-state index < -0.39 is 0 Å². The molecule has 0 unspecified atom stereocenters. The molecule has 1 aliphatic carbocycles. The molecule has 2 aliphatic rings. The van der Waals surface area contributed by atoms with Crippen LogP contribution in [0.5, 0.6) is 5.75 Å². The Morgan fingerprint density at radius 3 is 2.78 bits per heavy atom. The Kier molecular flexibility index (Phi) is 3.78. The highest BCUT2D eigenvalue weighted by atomic mass is 35.5. The van der Waals surface area contributed by atoms with Gasteiger partial charge in [0.05, 0.1) is 18.3 Å². The van der Waals surface area contributed by atoms with Gasteiger partial charge < -0.3 is 10.1 Å². The molecule has 0 saturated heterocycles. The molecule has 1 aliphatic heterocycles.